The number of aliphatic imine (C=N–C) groups is 1. The molecule has 2 saturated heterocycles. The van der Waals surface area contributed by atoms with Crippen LogP contribution in [0.1, 0.15) is 39.0 Å². The predicted octanol–water partition coefficient (Wildman–Crippen LogP) is 3.18. The molecule has 2 aliphatic heterocycles. The van der Waals surface area contributed by atoms with E-state index >= 15 is 0 Å². The number of halogens is 1. The molecule has 0 radical (unpaired) electrons. The fourth-order valence-corrected chi connectivity index (χ4v) is 4.04. The zero-order chi connectivity index (χ0) is 21.0. The fraction of sp³-hybridized carbons (Fsp3) is 0.696. The summed E-state index contributed by atoms with van der Waals surface area (Å²) in [5.74, 6) is 1.32. The van der Waals surface area contributed by atoms with E-state index in [1.165, 1.54) is 6.07 Å². The number of ether oxygens (including phenoxy) is 2. The molecule has 0 amide bonds. The van der Waals surface area contributed by atoms with Crippen LogP contribution >= 0.6 is 0 Å². The second-order valence-electron chi connectivity index (χ2n) is 8.15. The molecule has 2 heterocycles. The lowest BCUT2D eigenvalue weighted by atomic mass is 10.0. The van der Waals surface area contributed by atoms with Gasteiger partial charge < -0.3 is 25.0 Å². The quantitative estimate of drug-likeness (QED) is 0.365. The highest BCUT2D eigenvalue weighted by Crippen LogP contribution is 2.20. The van der Waals surface area contributed by atoms with E-state index in [4.69, 9.17) is 14.5 Å². The van der Waals surface area contributed by atoms with Crippen LogP contribution in [0.5, 0.6) is 0 Å². The zero-order valence-corrected chi connectivity index (χ0v) is 18.2. The van der Waals surface area contributed by atoms with Gasteiger partial charge in [0.2, 0.25) is 0 Å². The second kappa shape index (κ2) is 12.7. The van der Waals surface area contributed by atoms with E-state index in [2.05, 4.69) is 22.5 Å². The zero-order valence-electron chi connectivity index (χ0n) is 18.2. The van der Waals surface area contributed by atoms with Crippen LogP contribution < -0.4 is 15.5 Å². The maximum Gasteiger partial charge on any atom is 0.191 e. The highest BCUT2D eigenvalue weighted by molar-refractivity contribution is 5.80. The van der Waals surface area contributed by atoms with Crippen molar-refractivity contribution in [2.45, 2.75) is 45.1 Å². The van der Waals surface area contributed by atoms with Crippen molar-refractivity contribution in [2.24, 2.45) is 10.9 Å². The fourth-order valence-electron chi connectivity index (χ4n) is 4.04. The van der Waals surface area contributed by atoms with Crippen LogP contribution in [0.3, 0.4) is 0 Å². The van der Waals surface area contributed by atoms with Crippen molar-refractivity contribution in [3.05, 3.63) is 30.1 Å². The average molecular weight is 421 g/mol. The first-order valence-corrected chi connectivity index (χ1v) is 11.5. The third-order valence-electron chi connectivity index (χ3n) is 5.69. The molecule has 1 aromatic carbocycles. The van der Waals surface area contributed by atoms with Crippen LogP contribution in [-0.2, 0) is 9.47 Å². The van der Waals surface area contributed by atoms with Crippen molar-refractivity contribution in [3.63, 3.8) is 0 Å². The van der Waals surface area contributed by atoms with Gasteiger partial charge in [-0.3, -0.25) is 4.99 Å². The van der Waals surface area contributed by atoms with Crippen LogP contribution in [0.4, 0.5) is 10.1 Å². The van der Waals surface area contributed by atoms with Gasteiger partial charge in [-0.15, -0.1) is 0 Å². The van der Waals surface area contributed by atoms with E-state index in [-0.39, 0.29) is 5.82 Å². The Balaban J connectivity index is 1.40. The highest BCUT2D eigenvalue weighted by Gasteiger charge is 2.21. The number of guanidine groups is 1. The molecule has 0 bridgehead atoms. The van der Waals surface area contributed by atoms with Crippen LogP contribution in [-0.4, -0.2) is 64.6 Å². The average Bonchev–Trinajstić information content (AvgIpc) is 2.77. The van der Waals surface area contributed by atoms with Gasteiger partial charge in [-0.25, -0.2) is 4.39 Å². The molecular weight excluding hydrogens is 383 g/mol. The summed E-state index contributed by atoms with van der Waals surface area (Å²) in [6, 6.07) is 7.15. The second-order valence-corrected chi connectivity index (χ2v) is 8.15. The van der Waals surface area contributed by atoms with Crippen molar-refractivity contribution in [1.82, 2.24) is 10.6 Å². The van der Waals surface area contributed by atoms with Crippen molar-refractivity contribution in [3.8, 4) is 0 Å². The van der Waals surface area contributed by atoms with Gasteiger partial charge in [0.05, 0.1) is 0 Å². The molecule has 30 heavy (non-hydrogen) atoms. The number of nitrogens with one attached hydrogen (secondary N) is 2. The lowest BCUT2D eigenvalue weighted by Gasteiger charge is -2.35. The molecule has 1 unspecified atom stereocenters. The minimum Gasteiger partial charge on any atom is -0.381 e. The maximum absolute atomic E-state index is 13.6. The Morgan fingerprint density at radius 2 is 2.17 bits per heavy atom. The first-order valence-electron chi connectivity index (χ1n) is 11.5. The summed E-state index contributed by atoms with van der Waals surface area (Å²) in [4.78, 5) is 6.97. The summed E-state index contributed by atoms with van der Waals surface area (Å²) in [7, 11) is 0. The Labute approximate surface area is 180 Å². The maximum atomic E-state index is 13.6. The van der Waals surface area contributed by atoms with Crippen molar-refractivity contribution >= 4 is 11.6 Å². The van der Waals surface area contributed by atoms with Gasteiger partial charge in [-0.1, -0.05) is 6.07 Å². The number of nitrogens with zero attached hydrogens (tertiary/aromatic N) is 2. The Morgan fingerprint density at radius 1 is 1.30 bits per heavy atom. The molecule has 0 spiro atoms. The van der Waals surface area contributed by atoms with E-state index in [1.54, 1.807) is 12.1 Å². The SMILES string of the molecule is CCNC(=NCCCOCC1CCOCC1)NC1CCCN(c2cccc(F)c2)C1. The third kappa shape index (κ3) is 7.76. The largest absolute Gasteiger partial charge is 0.381 e. The van der Waals surface area contributed by atoms with E-state index in [1.807, 2.05) is 6.07 Å². The van der Waals surface area contributed by atoms with Gasteiger partial charge in [-0.05, 0) is 63.1 Å². The summed E-state index contributed by atoms with van der Waals surface area (Å²) < 4.78 is 24.8. The van der Waals surface area contributed by atoms with Gasteiger partial charge >= 0.3 is 0 Å². The van der Waals surface area contributed by atoms with E-state index < -0.39 is 0 Å². The molecule has 1 atom stereocenters. The molecule has 0 aromatic heterocycles. The monoisotopic (exact) mass is 420 g/mol. The van der Waals surface area contributed by atoms with E-state index in [9.17, 15) is 4.39 Å². The van der Waals surface area contributed by atoms with Crippen molar-refractivity contribution < 1.29 is 13.9 Å². The van der Waals surface area contributed by atoms with Gasteiger partial charge in [0.15, 0.2) is 5.96 Å². The molecule has 0 saturated carbocycles. The van der Waals surface area contributed by atoms with E-state index in [0.717, 1.165) is 96.4 Å². The summed E-state index contributed by atoms with van der Waals surface area (Å²) in [6.07, 6.45) is 5.30. The summed E-state index contributed by atoms with van der Waals surface area (Å²) >= 11 is 0. The smallest absolute Gasteiger partial charge is 0.191 e. The summed E-state index contributed by atoms with van der Waals surface area (Å²) in [6.45, 7) is 8.77. The highest BCUT2D eigenvalue weighted by atomic mass is 19.1. The van der Waals surface area contributed by atoms with Gasteiger partial charge in [0, 0.05) is 64.3 Å². The first kappa shape index (κ1) is 22.8. The predicted molar refractivity (Wildman–Crippen MR) is 120 cm³/mol. The Kier molecular flexibility index (Phi) is 9.70. The van der Waals surface area contributed by atoms with Crippen molar-refractivity contribution in [1.29, 1.82) is 0 Å². The molecule has 2 aliphatic rings. The van der Waals surface area contributed by atoms with Crippen molar-refractivity contribution in [2.75, 3.05) is 57.5 Å². The molecule has 2 fully saturated rings. The standard InChI is InChI=1S/C23H37FN4O2/c1-2-25-23(26-11-5-13-30-18-19-9-14-29-15-10-19)27-21-7-4-12-28(17-21)22-8-3-6-20(24)16-22/h3,6,8,16,19,21H,2,4-5,7,9-15,17-18H2,1H3,(H2,25,26,27). The van der Waals surface area contributed by atoms with Crippen LogP contribution in [0, 0.1) is 11.7 Å². The normalized spacial score (nSPS) is 20.9. The van der Waals surface area contributed by atoms with Crippen LogP contribution in [0.25, 0.3) is 0 Å². The molecule has 1 aromatic rings. The first-order chi connectivity index (χ1) is 14.7. The molecule has 2 N–H and O–H groups in total. The minimum atomic E-state index is -0.184. The molecule has 6 nitrogen and oxygen atoms in total. The number of piperidine rings is 1. The molecule has 7 heteroatoms. The summed E-state index contributed by atoms with van der Waals surface area (Å²) in [5, 5.41) is 6.90. The van der Waals surface area contributed by atoms with Crippen LogP contribution in [0.2, 0.25) is 0 Å². The van der Waals surface area contributed by atoms with Gasteiger partial charge in [0.1, 0.15) is 5.82 Å². The summed E-state index contributed by atoms with van der Waals surface area (Å²) in [5.41, 5.74) is 0.949. The van der Waals surface area contributed by atoms with Gasteiger partial charge in [-0.2, -0.15) is 0 Å². The lowest BCUT2D eigenvalue weighted by Crippen LogP contribution is -2.51. The van der Waals surface area contributed by atoms with Crippen LogP contribution in [0.15, 0.2) is 29.3 Å². The third-order valence-corrected chi connectivity index (χ3v) is 5.69. The molecule has 168 valence electrons. The molecular formula is C23H37FN4O2. The number of hydrogen-bond donors (Lipinski definition) is 2. The van der Waals surface area contributed by atoms with E-state index in [0.29, 0.717) is 12.0 Å². The Bertz CT molecular complexity index is 652. The number of benzene rings is 1. The number of hydrogen-bond acceptors (Lipinski definition) is 4. The number of anilines is 1. The Morgan fingerprint density at radius 3 is 2.97 bits per heavy atom. The van der Waals surface area contributed by atoms with Gasteiger partial charge in [0.25, 0.3) is 0 Å². The number of rotatable bonds is 9. The molecule has 0 aliphatic carbocycles. The Hall–Kier alpha value is -1.86. The molecule has 3 rings (SSSR count). The minimum absolute atomic E-state index is 0.184. The lowest BCUT2D eigenvalue weighted by molar-refractivity contribution is 0.0205. The topological polar surface area (TPSA) is 58.1 Å².